The highest BCUT2D eigenvalue weighted by Crippen LogP contribution is 2.33. The highest BCUT2D eigenvalue weighted by molar-refractivity contribution is 5.82. The molecule has 2 N–H and O–H groups in total. The van der Waals surface area contributed by atoms with E-state index in [1.54, 1.807) is 4.90 Å². The second-order valence-corrected chi connectivity index (χ2v) is 6.43. The first-order chi connectivity index (χ1) is 8.75. The summed E-state index contributed by atoms with van der Waals surface area (Å²) in [6.07, 6.45) is 2.20. The van der Waals surface area contributed by atoms with Gasteiger partial charge in [-0.2, -0.15) is 0 Å². The predicted octanol–water partition coefficient (Wildman–Crippen LogP) is 2.32. The van der Waals surface area contributed by atoms with Crippen molar-refractivity contribution >= 4 is 12.0 Å². The van der Waals surface area contributed by atoms with Crippen molar-refractivity contribution in [2.75, 3.05) is 13.1 Å². The van der Waals surface area contributed by atoms with Crippen LogP contribution in [0.15, 0.2) is 0 Å². The maximum absolute atomic E-state index is 12.1. The van der Waals surface area contributed by atoms with Gasteiger partial charge in [-0.15, -0.1) is 0 Å². The summed E-state index contributed by atoms with van der Waals surface area (Å²) in [5.41, 5.74) is 0.185. The van der Waals surface area contributed by atoms with Gasteiger partial charge in [-0.1, -0.05) is 34.1 Å². The largest absolute Gasteiger partial charge is 0.480 e. The first-order valence-corrected chi connectivity index (χ1v) is 7.04. The molecule has 0 aliphatic carbocycles. The minimum atomic E-state index is -0.957. The zero-order valence-corrected chi connectivity index (χ0v) is 12.4. The van der Waals surface area contributed by atoms with Gasteiger partial charge < -0.3 is 15.3 Å². The Morgan fingerprint density at radius 1 is 1.42 bits per heavy atom. The van der Waals surface area contributed by atoms with Crippen LogP contribution in [0.3, 0.4) is 0 Å². The molecule has 5 heteroatoms. The zero-order chi connectivity index (χ0) is 14.6. The van der Waals surface area contributed by atoms with E-state index in [9.17, 15) is 9.59 Å². The third kappa shape index (κ3) is 4.40. The maximum atomic E-state index is 12.1. The number of nitrogens with one attached hydrogen (secondary N) is 1. The third-order valence-electron chi connectivity index (χ3n) is 3.87. The molecule has 110 valence electrons. The van der Waals surface area contributed by atoms with E-state index < -0.39 is 12.0 Å². The number of aliphatic carboxylic acids is 1. The van der Waals surface area contributed by atoms with Gasteiger partial charge in [0.15, 0.2) is 0 Å². The molecule has 19 heavy (non-hydrogen) atoms. The smallest absolute Gasteiger partial charge is 0.326 e. The lowest BCUT2D eigenvalue weighted by atomic mass is 9.80. The first-order valence-electron chi connectivity index (χ1n) is 7.04. The molecule has 1 unspecified atom stereocenters. The molecule has 0 aromatic carbocycles. The van der Waals surface area contributed by atoms with Crippen LogP contribution < -0.4 is 5.32 Å². The second-order valence-electron chi connectivity index (χ2n) is 6.43. The van der Waals surface area contributed by atoms with E-state index in [4.69, 9.17) is 5.11 Å². The molecule has 1 fully saturated rings. The van der Waals surface area contributed by atoms with E-state index in [2.05, 4.69) is 26.1 Å². The van der Waals surface area contributed by atoms with Gasteiger partial charge in [0.25, 0.3) is 0 Å². The quantitative estimate of drug-likeness (QED) is 0.823. The Balaban J connectivity index is 2.53. The van der Waals surface area contributed by atoms with Crippen LogP contribution in [0.4, 0.5) is 4.79 Å². The van der Waals surface area contributed by atoms with E-state index in [0.717, 1.165) is 12.8 Å². The molecule has 1 aliphatic rings. The number of amides is 2. The first kappa shape index (κ1) is 15.8. The van der Waals surface area contributed by atoms with E-state index in [1.165, 1.54) is 0 Å². The molecule has 0 spiro atoms. The fourth-order valence-corrected chi connectivity index (χ4v) is 2.44. The lowest BCUT2D eigenvalue weighted by molar-refractivity contribution is -0.139. The minimum absolute atomic E-state index is 0.185. The van der Waals surface area contributed by atoms with Gasteiger partial charge >= 0.3 is 12.0 Å². The number of carboxylic acids is 1. The molecule has 1 rings (SSSR count). The van der Waals surface area contributed by atoms with E-state index in [0.29, 0.717) is 25.4 Å². The third-order valence-corrected chi connectivity index (χ3v) is 3.87. The molecule has 5 nitrogen and oxygen atoms in total. The van der Waals surface area contributed by atoms with Gasteiger partial charge in [0.1, 0.15) is 6.04 Å². The van der Waals surface area contributed by atoms with E-state index in [1.807, 2.05) is 6.92 Å². The molecular formula is C14H26N2O3. The van der Waals surface area contributed by atoms with Crippen molar-refractivity contribution in [1.82, 2.24) is 10.2 Å². The van der Waals surface area contributed by atoms with Crippen molar-refractivity contribution < 1.29 is 14.7 Å². The number of hydrogen-bond donors (Lipinski definition) is 2. The van der Waals surface area contributed by atoms with E-state index in [-0.39, 0.29) is 11.4 Å². The van der Waals surface area contributed by atoms with Crippen molar-refractivity contribution in [3.63, 3.8) is 0 Å². The lowest BCUT2D eigenvalue weighted by Gasteiger charge is -2.27. The van der Waals surface area contributed by atoms with Crippen molar-refractivity contribution in [3.8, 4) is 0 Å². The number of carbonyl (C=O) groups excluding carboxylic acids is 1. The molecule has 2 atom stereocenters. The summed E-state index contributed by atoms with van der Waals surface area (Å²) in [5, 5.41) is 11.7. The van der Waals surface area contributed by atoms with Crippen molar-refractivity contribution in [2.45, 2.75) is 53.0 Å². The van der Waals surface area contributed by atoms with Crippen LogP contribution in [0.5, 0.6) is 0 Å². The molecule has 0 radical (unpaired) electrons. The van der Waals surface area contributed by atoms with Crippen molar-refractivity contribution in [3.05, 3.63) is 0 Å². The Kier molecular flexibility index (Phi) is 5.20. The standard InChI is InChI=1S/C14H26N2O3/c1-5-6-11(12(17)18)15-13(19)16-8-7-10(9-16)14(2,3)4/h10-11H,5-9H2,1-4H3,(H,15,19)(H,17,18)/t10?,11-/m1/s1. The fourth-order valence-electron chi connectivity index (χ4n) is 2.44. The number of urea groups is 1. The normalized spacial score (nSPS) is 21.3. The number of carbonyl (C=O) groups is 2. The van der Waals surface area contributed by atoms with Crippen LogP contribution in [0.2, 0.25) is 0 Å². The monoisotopic (exact) mass is 270 g/mol. The summed E-state index contributed by atoms with van der Waals surface area (Å²) in [6, 6.07) is -1.02. The van der Waals surface area contributed by atoms with Gasteiger partial charge in [0.05, 0.1) is 0 Å². The highest BCUT2D eigenvalue weighted by Gasteiger charge is 2.34. The molecule has 2 amide bonds. The molecule has 0 aromatic rings. The second kappa shape index (κ2) is 6.26. The molecule has 0 saturated carbocycles. The number of carboxylic acid groups (broad SMARTS) is 1. The Morgan fingerprint density at radius 3 is 2.47 bits per heavy atom. The van der Waals surface area contributed by atoms with Crippen LogP contribution >= 0.6 is 0 Å². The summed E-state index contributed by atoms with van der Waals surface area (Å²) in [5.74, 6) is -0.477. The Bertz CT molecular complexity index is 336. The SMILES string of the molecule is CCC[C@@H](NC(=O)N1CCC(C(C)(C)C)C1)C(=O)O. The summed E-state index contributed by atoms with van der Waals surface area (Å²) >= 11 is 0. The molecule has 1 saturated heterocycles. The summed E-state index contributed by atoms with van der Waals surface area (Å²) in [4.78, 5) is 24.8. The maximum Gasteiger partial charge on any atom is 0.326 e. The lowest BCUT2D eigenvalue weighted by Crippen LogP contribution is -2.47. The topological polar surface area (TPSA) is 69.6 Å². The van der Waals surface area contributed by atoms with Gasteiger partial charge in [-0.3, -0.25) is 0 Å². The number of likely N-dealkylation sites (tertiary alicyclic amines) is 1. The van der Waals surface area contributed by atoms with Crippen molar-refractivity contribution in [1.29, 1.82) is 0 Å². The van der Waals surface area contributed by atoms with Gasteiger partial charge in [0.2, 0.25) is 0 Å². The van der Waals surface area contributed by atoms with Crippen molar-refractivity contribution in [2.24, 2.45) is 11.3 Å². The Hall–Kier alpha value is -1.26. The van der Waals surface area contributed by atoms with Gasteiger partial charge in [-0.05, 0) is 24.2 Å². The summed E-state index contributed by atoms with van der Waals surface area (Å²) < 4.78 is 0. The van der Waals surface area contributed by atoms with E-state index >= 15 is 0 Å². The zero-order valence-electron chi connectivity index (χ0n) is 12.4. The average molecular weight is 270 g/mol. The molecule has 1 aliphatic heterocycles. The predicted molar refractivity (Wildman–Crippen MR) is 74.0 cm³/mol. The van der Waals surface area contributed by atoms with Crippen LogP contribution in [-0.4, -0.2) is 41.1 Å². The number of rotatable bonds is 4. The van der Waals surface area contributed by atoms with Gasteiger partial charge in [-0.25, -0.2) is 9.59 Å². The summed E-state index contributed by atoms with van der Waals surface area (Å²) in [6.45, 7) is 9.87. The van der Waals surface area contributed by atoms with Gasteiger partial charge in [0, 0.05) is 13.1 Å². The molecule has 0 bridgehead atoms. The van der Waals surface area contributed by atoms with Crippen LogP contribution in [0.25, 0.3) is 0 Å². The molecular weight excluding hydrogens is 244 g/mol. The van der Waals surface area contributed by atoms with Crippen LogP contribution in [0.1, 0.15) is 47.0 Å². The number of hydrogen-bond acceptors (Lipinski definition) is 2. The van der Waals surface area contributed by atoms with Crippen LogP contribution in [-0.2, 0) is 4.79 Å². The Labute approximate surface area is 115 Å². The van der Waals surface area contributed by atoms with Crippen LogP contribution in [0, 0.1) is 11.3 Å². The minimum Gasteiger partial charge on any atom is -0.480 e. The fraction of sp³-hybridized carbons (Fsp3) is 0.857. The summed E-state index contributed by atoms with van der Waals surface area (Å²) in [7, 11) is 0. The number of nitrogens with zero attached hydrogens (tertiary/aromatic N) is 1. The highest BCUT2D eigenvalue weighted by atomic mass is 16.4. The molecule has 1 heterocycles. The molecule has 0 aromatic heterocycles. The average Bonchev–Trinajstić information content (AvgIpc) is 2.76. The Morgan fingerprint density at radius 2 is 2.05 bits per heavy atom.